The number of nitrogens with one attached hydrogen (secondary N) is 2. The van der Waals surface area contributed by atoms with Crippen molar-refractivity contribution in [1.82, 2.24) is 10.2 Å². The molecule has 5 rings (SSSR count). The van der Waals surface area contributed by atoms with Crippen LogP contribution in [0.1, 0.15) is 22.7 Å². The number of halogens is 1. The highest BCUT2D eigenvalue weighted by Gasteiger charge is 2.32. The van der Waals surface area contributed by atoms with Crippen LogP contribution in [0, 0.1) is 5.82 Å². The molecular formula is C37H34FN3O6S. The van der Waals surface area contributed by atoms with Gasteiger partial charge in [0, 0.05) is 18.8 Å². The van der Waals surface area contributed by atoms with Gasteiger partial charge in [-0.05, 0) is 77.4 Å². The van der Waals surface area contributed by atoms with E-state index in [-0.39, 0.29) is 35.3 Å². The van der Waals surface area contributed by atoms with Crippen molar-refractivity contribution in [2.75, 3.05) is 18.4 Å². The molecule has 0 saturated carbocycles. The van der Waals surface area contributed by atoms with Crippen LogP contribution in [0.5, 0.6) is 11.5 Å². The molecule has 48 heavy (non-hydrogen) atoms. The van der Waals surface area contributed by atoms with Gasteiger partial charge >= 0.3 is 0 Å². The van der Waals surface area contributed by atoms with Gasteiger partial charge in [-0.25, -0.2) is 12.8 Å². The molecule has 2 N–H and O–H groups in total. The summed E-state index contributed by atoms with van der Waals surface area (Å²) in [7, 11) is -2.40. The zero-order chi connectivity index (χ0) is 33.9. The third kappa shape index (κ3) is 8.98. The average Bonchev–Trinajstić information content (AvgIpc) is 3.11. The lowest BCUT2D eigenvalue weighted by Crippen LogP contribution is -2.45. The number of hydrogen-bond acceptors (Lipinski definition) is 6. The number of rotatable bonds is 14. The van der Waals surface area contributed by atoms with Crippen molar-refractivity contribution in [1.29, 1.82) is 0 Å². The van der Waals surface area contributed by atoms with E-state index < -0.39 is 34.4 Å². The van der Waals surface area contributed by atoms with Crippen LogP contribution < -0.4 is 19.5 Å². The molecule has 0 spiro atoms. The number of nitrogens with zero attached hydrogens (tertiary/aromatic N) is 1. The van der Waals surface area contributed by atoms with Gasteiger partial charge in [-0.2, -0.15) is 0 Å². The maximum Gasteiger partial charge on any atom is 0.261 e. The van der Waals surface area contributed by atoms with Crippen LogP contribution in [0.2, 0.25) is 0 Å². The van der Waals surface area contributed by atoms with Crippen molar-refractivity contribution in [3.63, 3.8) is 0 Å². The van der Waals surface area contributed by atoms with Crippen molar-refractivity contribution >= 4 is 27.5 Å². The van der Waals surface area contributed by atoms with Gasteiger partial charge in [-0.3, -0.25) is 14.3 Å². The van der Waals surface area contributed by atoms with Gasteiger partial charge in [0.05, 0.1) is 12.0 Å². The predicted molar refractivity (Wildman–Crippen MR) is 180 cm³/mol. The molecule has 0 radical (unpaired) electrons. The van der Waals surface area contributed by atoms with Crippen LogP contribution >= 0.6 is 0 Å². The molecule has 0 bridgehead atoms. The number of methoxy groups -OCH3 is 1. The van der Waals surface area contributed by atoms with E-state index in [1.54, 1.807) is 43.5 Å². The van der Waals surface area contributed by atoms with E-state index in [1.807, 2.05) is 48.5 Å². The molecule has 2 amide bonds. The topological polar surface area (TPSA) is 114 Å². The first-order chi connectivity index (χ1) is 23.2. The summed E-state index contributed by atoms with van der Waals surface area (Å²) in [5.74, 6) is -0.421. The Morgan fingerprint density at radius 3 is 1.98 bits per heavy atom. The van der Waals surface area contributed by atoms with E-state index in [1.165, 1.54) is 41.3 Å². The standard InChI is InChI=1S/C37H34FN3O6S/c1-46-32-18-12-28(13-19-32)25-41(36(29-10-6-3-7-11-29)37(43)39-24-27-8-4-2-5-9-27)35(42)26-47-33-20-22-34(23-21-33)48(44,45)40-31-16-14-30(38)15-17-31/h2-23,36,40H,24-26H2,1H3,(H,39,43)/t36-/m1/s1. The molecule has 0 aliphatic heterocycles. The predicted octanol–water partition coefficient (Wildman–Crippen LogP) is 6.10. The van der Waals surface area contributed by atoms with Crippen molar-refractivity contribution < 1.29 is 31.9 Å². The fourth-order valence-electron chi connectivity index (χ4n) is 4.92. The molecule has 246 valence electrons. The van der Waals surface area contributed by atoms with E-state index >= 15 is 0 Å². The van der Waals surface area contributed by atoms with Gasteiger partial charge in [-0.1, -0.05) is 72.8 Å². The van der Waals surface area contributed by atoms with Gasteiger partial charge in [0.1, 0.15) is 23.4 Å². The first kappa shape index (κ1) is 33.7. The van der Waals surface area contributed by atoms with Gasteiger partial charge in [0.15, 0.2) is 6.61 Å². The monoisotopic (exact) mass is 667 g/mol. The van der Waals surface area contributed by atoms with Gasteiger partial charge in [-0.15, -0.1) is 0 Å². The van der Waals surface area contributed by atoms with Crippen molar-refractivity contribution in [2.45, 2.75) is 24.0 Å². The normalized spacial score (nSPS) is 11.6. The molecule has 5 aromatic rings. The third-order valence-corrected chi connectivity index (χ3v) is 8.81. The maximum absolute atomic E-state index is 14.0. The molecule has 0 saturated heterocycles. The van der Waals surface area contributed by atoms with Gasteiger partial charge in [0.25, 0.3) is 15.9 Å². The number of sulfonamides is 1. The highest BCUT2D eigenvalue weighted by atomic mass is 32.2. The van der Waals surface area contributed by atoms with E-state index in [9.17, 15) is 22.4 Å². The molecule has 9 nitrogen and oxygen atoms in total. The molecule has 0 unspecified atom stereocenters. The Kier molecular flexibility index (Phi) is 11.0. The summed E-state index contributed by atoms with van der Waals surface area (Å²) >= 11 is 0. The third-order valence-electron chi connectivity index (χ3n) is 7.41. The molecule has 5 aromatic carbocycles. The molecule has 11 heteroatoms. The summed E-state index contributed by atoms with van der Waals surface area (Å²) in [6.07, 6.45) is 0. The minimum atomic E-state index is -3.96. The zero-order valence-corrected chi connectivity index (χ0v) is 26.9. The largest absolute Gasteiger partial charge is 0.497 e. The van der Waals surface area contributed by atoms with E-state index in [4.69, 9.17) is 9.47 Å². The Hall–Kier alpha value is -5.68. The molecule has 0 aliphatic carbocycles. The maximum atomic E-state index is 14.0. The second-order valence-corrected chi connectivity index (χ2v) is 12.4. The number of hydrogen-bond donors (Lipinski definition) is 2. The van der Waals surface area contributed by atoms with Crippen LogP contribution in [0.3, 0.4) is 0 Å². The molecule has 0 aromatic heterocycles. The second kappa shape index (κ2) is 15.7. The number of amides is 2. The van der Waals surface area contributed by atoms with Gasteiger partial charge < -0.3 is 19.7 Å². The summed E-state index contributed by atoms with van der Waals surface area (Å²) in [4.78, 5) is 29.2. The lowest BCUT2D eigenvalue weighted by Gasteiger charge is -2.31. The van der Waals surface area contributed by atoms with Gasteiger partial charge in [0.2, 0.25) is 5.91 Å². The summed E-state index contributed by atoms with van der Waals surface area (Å²) in [5.41, 5.74) is 2.50. The van der Waals surface area contributed by atoms with Crippen LogP contribution in [0.25, 0.3) is 0 Å². The van der Waals surface area contributed by atoms with E-state index in [0.717, 1.165) is 23.3 Å². The lowest BCUT2D eigenvalue weighted by molar-refractivity contribution is -0.143. The minimum absolute atomic E-state index is 0.0501. The summed E-state index contributed by atoms with van der Waals surface area (Å²) < 4.78 is 52.4. The van der Waals surface area contributed by atoms with E-state index in [0.29, 0.717) is 11.3 Å². The molecule has 0 heterocycles. The number of ether oxygens (including phenoxy) is 2. The Morgan fingerprint density at radius 2 is 1.35 bits per heavy atom. The average molecular weight is 668 g/mol. The molecule has 0 aliphatic rings. The van der Waals surface area contributed by atoms with Crippen molar-refractivity contribution in [3.05, 3.63) is 156 Å². The fraction of sp³-hybridized carbons (Fsp3) is 0.135. The zero-order valence-electron chi connectivity index (χ0n) is 26.1. The SMILES string of the molecule is COc1ccc(CN(C(=O)COc2ccc(S(=O)(=O)Nc3ccc(F)cc3)cc2)[C@@H](C(=O)NCc2ccccc2)c2ccccc2)cc1. The Balaban J connectivity index is 1.36. The number of carbonyl (C=O) groups is 2. The highest BCUT2D eigenvalue weighted by molar-refractivity contribution is 7.92. The van der Waals surface area contributed by atoms with Crippen LogP contribution in [-0.4, -0.2) is 38.8 Å². The molecule has 1 atom stereocenters. The van der Waals surface area contributed by atoms with E-state index in [2.05, 4.69) is 10.0 Å². The Morgan fingerprint density at radius 1 is 0.750 bits per heavy atom. The Bertz CT molecular complexity index is 1910. The number of benzene rings is 5. The van der Waals surface area contributed by atoms with Crippen molar-refractivity contribution in [3.8, 4) is 11.5 Å². The van der Waals surface area contributed by atoms with Crippen LogP contribution in [0.15, 0.2) is 138 Å². The first-order valence-corrected chi connectivity index (χ1v) is 16.5. The van der Waals surface area contributed by atoms with Crippen molar-refractivity contribution in [2.24, 2.45) is 0 Å². The molecule has 0 fully saturated rings. The first-order valence-electron chi connectivity index (χ1n) is 15.0. The quantitative estimate of drug-likeness (QED) is 0.148. The Labute approximate surface area is 279 Å². The minimum Gasteiger partial charge on any atom is -0.497 e. The summed E-state index contributed by atoms with van der Waals surface area (Å²) in [6.45, 7) is -0.0581. The second-order valence-electron chi connectivity index (χ2n) is 10.8. The lowest BCUT2D eigenvalue weighted by atomic mass is 10.0. The smallest absolute Gasteiger partial charge is 0.261 e. The van der Waals surface area contributed by atoms with Crippen LogP contribution in [0.4, 0.5) is 10.1 Å². The number of anilines is 1. The summed E-state index contributed by atoms with van der Waals surface area (Å²) in [6, 6.07) is 35.2. The number of carbonyl (C=O) groups excluding carboxylic acids is 2. The highest BCUT2D eigenvalue weighted by Crippen LogP contribution is 2.26. The van der Waals surface area contributed by atoms with Crippen LogP contribution in [-0.2, 0) is 32.7 Å². The fourth-order valence-corrected chi connectivity index (χ4v) is 5.97. The summed E-state index contributed by atoms with van der Waals surface area (Å²) in [5, 5.41) is 2.98. The molecular weight excluding hydrogens is 633 g/mol.